The van der Waals surface area contributed by atoms with Crippen molar-refractivity contribution >= 4 is 35.1 Å². The molecule has 0 aromatic heterocycles. The van der Waals surface area contributed by atoms with Crippen molar-refractivity contribution in [1.82, 2.24) is 5.32 Å². The van der Waals surface area contributed by atoms with E-state index in [0.717, 1.165) is 0 Å². The SMILES string of the molecule is C[C@@H](O)[C@H](NC(=O)COc1ccc(Cl)c(Cl)c1)C(=O)O. The van der Waals surface area contributed by atoms with Crippen LogP contribution in [0.15, 0.2) is 18.2 Å². The maximum atomic E-state index is 11.5. The van der Waals surface area contributed by atoms with Gasteiger partial charge in [0.2, 0.25) is 0 Å². The Morgan fingerprint density at radius 2 is 2.00 bits per heavy atom. The molecule has 0 radical (unpaired) electrons. The molecule has 0 bridgehead atoms. The molecule has 8 heteroatoms. The Bertz CT molecular complexity index is 507. The number of carbonyl (C=O) groups excluding carboxylic acids is 1. The molecule has 0 saturated carbocycles. The summed E-state index contributed by atoms with van der Waals surface area (Å²) < 4.78 is 5.13. The molecule has 0 saturated heterocycles. The highest BCUT2D eigenvalue weighted by molar-refractivity contribution is 6.42. The van der Waals surface area contributed by atoms with Gasteiger partial charge in [-0.25, -0.2) is 4.79 Å². The van der Waals surface area contributed by atoms with Crippen LogP contribution in [0.3, 0.4) is 0 Å². The summed E-state index contributed by atoms with van der Waals surface area (Å²) in [6.07, 6.45) is -1.22. The summed E-state index contributed by atoms with van der Waals surface area (Å²) >= 11 is 11.5. The van der Waals surface area contributed by atoms with E-state index in [2.05, 4.69) is 5.32 Å². The number of aliphatic hydroxyl groups excluding tert-OH is 1. The number of amides is 1. The number of halogens is 2. The molecule has 1 amide bonds. The first-order valence-electron chi connectivity index (χ1n) is 5.59. The minimum Gasteiger partial charge on any atom is -0.484 e. The smallest absolute Gasteiger partial charge is 0.328 e. The lowest BCUT2D eigenvalue weighted by atomic mass is 10.2. The Morgan fingerprint density at radius 1 is 1.35 bits per heavy atom. The van der Waals surface area contributed by atoms with Crippen LogP contribution in [-0.4, -0.2) is 40.8 Å². The molecule has 0 aliphatic carbocycles. The summed E-state index contributed by atoms with van der Waals surface area (Å²) in [7, 11) is 0. The van der Waals surface area contributed by atoms with Gasteiger partial charge in [0.25, 0.3) is 5.91 Å². The predicted molar refractivity (Wildman–Crippen MR) is 73.2 cm³/mol. The van der Waals surface area contributed by atoms with Crippen molar-refractivity contribution in [2.45, 2.75) is 19.1 Å². The number of rotatable bonds is 6. The fraction of sp³-hybridized carbons (Fsp3) is 0.333. The predicted octanol–water partition coefficient (Wildman–Crippen LogP) is 1.32. The molecule has 0 aliphatic rings. The van der Waals surface area contributed by atoms with Gasteiger partial charge in [-0.15, -0.1) is 0 Å². The van der Waals surface area contributed by atoms with E-state index in [0.29, 0.717) is 10.8 Å². The van der Waals surface area contributed by atoms with E-state index >= 15 is 0 Å². The maximum Gasteiger partial charge on any atom is 0.328 e. The van der Waals surface area contributed by atoms with Crippen molar-refractivity contribution in [2.75, 3.05) is 6.61 Å². The van der Waals surface area contributed by atoms with Gasteiger partial charge in [-0.05, 0) is 19.1 Å². The second-order valence-corrected chi connectivity index (χ2v) is 4.80. The van der Waals surface area contributed by atoms with Crippen molar-refractivity contribution < 1.29 is 24.5 Å². The molecule has 0 aliphatic heterocycles. The van der Waals surface area contributed by atoms with E-state index in [4.69, 9.17) is 33.0 Å². The largest absolute Gasteiger partial charge is 0.484 e. The molecule has 1 aromatic carbocycles. The molecular formula is C12H13Cl2NO5. The van der Waals surface area contributed by atoms with Gasteiger partial charge in [0.05, 0.1) is 16.1 Å². The zero-order valence-corrected chi connectivity index (χ0v) is 12.0. The third-order valence-corrected chi connectivity index (χ3v) is 3.06. The molecule has 6 nitrogen and oxygen atoms in total. The van der Waals surface area contributed by atoms with Crippen LogP contribution in [0.4, 0.5) is 0 Å². The molecule has 3 N–H and O–H groups in total. The van der Waals surface area contributed by atoms with E-state index < -0.39 is 30.6 Å². The summed E-state index contributed by atoms with van der Waals surface area (Å²) in [6, 6.07) is 3.07. The summed E-state index contributed by atoms with van der Waals surface area (Å²) in [5, 5.41) is 20.8. The second kappa shape index (κ2) is 7.33. The summed E-state index contributed by atoms with van der Waals surface area (Å²) in [6.45, 7) is 0.855. The van der Waals surface area contributed by atoms with Gasteiger partial charge in [0, 0.05) is 6.07 Å². The average molecular weight is 322 g/mol. The van der Waals surface area contributed by atoms with E-state index in [9.17, 15) is 14.7 Å². The van der Waals surface area contributed by atoms with Gasteiger partial charge >= 0.3 is 5.97 Å². The lowest BCUT2D eigenvalue weighted by Gasteiger charge is -2.17. The number of benzene rings is 1. The Kier molecular flexibility index (Phi) is 6.06. The summed E-state index contributed by atoms with van der Waals surface area (Å²) in [4.78, 5) is 22.3. The summed E-state index contributed by atoms with van der Waals surface area (Å²) in [5.41, 5.74) is 0. The van der Waals surface area contributed by atoms with Crippen LogP contribution >= 0.6 is 23.2 Å². The normalized spacial score (nSPS) is 13.4. The molecule has 0 heterocycles. The van der Waals surface area contributed by atoms with Crippen molar-refractivity contribution in [3.8, 4) is 5.75 Å². The number of aliphatic hydroxyl groups is 1. The Hall–Kier alpha value is -1.50. The molecule has 0 unspecified atom stereocenters. The second-order valence-electron chi connectivity index (χ2n) is 3.99. The number of hydrogen-bond donors (Lipinski definition) is 3. The van der Waals surface area contributed by atoms with Gasteiger partial charge < -0.3 is 20.3 Å². The highest BCUT2D eigenvalue weighted by atomic mass is 35.5. The lowest BCUT2D eigenvalue weighted by molar-refractivity contribution is -0.145. The molecule has 0 fully saturated rings. The van der Waals surface area contributed by atoms with Gasteiger partial charge in [0.15, 0.2) is 12.6 Å². The first-order valence-corrected chi connectivity index (χ1v) is 6.35. The molecular weight excluding hydrogens is 309 g/mol. The zero-order chi connectivity index (χ0) is 15.3. The topological polar surface area (TPSA) is 95.9 Å². The number of aliphatic carboxylic acids is 1. The molecule has 0 spiro atoms. The van der Waals surface area contributed by atoms with Crippen molar-refractivity contribution in [2.24, 2.45) is 0 Å². The monoisotopic (exact) mass is 321 g/mol. The number of hydrogen-bond acceptors (Lipinski definition) is 4. The number of carbonyl (C=O) groups is 2. The molecule has 2 atom stereocenters. The number of carboxylic acid groups (broad SMARTS) is 1. The van der Waals surface area contributed by atoms with E-state index in [-0.39, 0.29) is 5.02 Å². The number of ether oxygens (including phenoxy) is 1. The van der Waals surface area contributed by atoms with Crippen LogP contribution in [0.2, 0.25) is 10.0 Å². The third kappa shape index (κ3) is 4.88. The first-order chi connectivity index (χ1) is 9.31. The standard InChI is InChI=1S/C12H13Cl2NO5/c1-6(16)11(12(18)19)15-10(17)5-20-7-2-3-8(13)9(14)4-7/h2-4,6,11,16H,5H2,1H3,(H,15,17)(H,18,19)/t6-,11+/m1/s1. The van der Waals surface area contributed by atoms with E-state index in [1.165, 1.54) is 25.1 Å². The van der Waals surface area contributed by atoms with Crippen LogP contribution < -0.4 is 10.1 Å². The third-order valence-electron chi connectivity index (χ3n) is 2.33. The number of carboxylic acids is 1. The Labute approximate surface area is 125 Å². The van der Waals surface area contributed by atoms with Gasteiger partial charge in [-0.1, -0.05) is 23.2 Å². The van der Waals surface area contributed by atoms with Gasteiger partial charge in [0.1, 0.15) is 5.75 Å². The summed E-state index contributed by atoms with van der Waals surface area (Å²) in [5.74, 6) is -1.69. The van der Waals surface area contributed by atoms with Crippen LogP contribution in [0.1, 0.15) is 6.92 Å². The van der Waals surface area contributed by atoms with Crippen molar-refractivity contribution in [3.05, 3.63) is 28.2 Å². The van der Waals surface area contributed by atoms with Crippen LogP contribution in [-0.2, 0) is 9.59 Å². The molecule has 20 heavy (non-hydrogen) atoms. The lowest BCUT2D eigenvalue weighted by Crippen LogP contribution is -2.49. The fourth-order valence-electron chi connectivity index (χ4n) is 1.32. The molecule has 1 aromatic rings. The first kappa shape index (κ1) is 16.6. The minimum atomic E-state index is -1.39. The number of nitrogens with one attached hydrogen (secondary N) is 1. The molecule has 1 rings (SSSR count). The van der Waals surface area contributed by atoms with Gasteiger partial charge in [-0.2, -0.15) is 0 Å². The van der Waals surface area contributed by atoms with Crippen LogP contribution in [0.25, 0.3) is 0 Å². The Balaban J connectivity index is 2.54. The maximum absolute atomic E-state index is 11.5. The fourth-order valence-corrected chi connectivity index (χ4v) is 1.61. The zero-order valence-electron chi connectivity index (χ0n) is 10.5. The van der Waals surface area contributed by atoms with Crippen molar-refractivity contribution in [1.29, 1.82) is 0 Å². The quantitative estimate of drug-likeness (QED) is 0.734. The minimum absolute atomic E-state index is 0.275. The van der Waals surface area contributed by atoms with Crippen LogP contribution in [0, 0.1) is 0 Å². The Morgan fingerprint density at radius 3 is 2.50 bits per heavy atom. The van der Waals surface area contributed by atoms with Crippen LogP contribution in [0.5, 0.6) is 5.75 Å². The average Bonchev–Trinajstić information content (AvgIpc) is 2.36. The van der Waals surface area contributed by atoms with Gasteiger partial charge in [-0.3, -0.25) is 4.79 Å². The highest BCUT2D eigenvalue weighted by Gasteiger charge is 2.24. The van der Waals surface area contributed by atoms with E-state index in [1.807, 2.05) is 0 Å². The van der Waals surface area contributed by atoms with Crippen molar-refractivity contribution in [3.63, 3.8) is 0 Å². The molecule has 110 valence electrons. The highest BCUT2D eigenvalue weighted by Crippen LogP contribution is 2.26. The van der Waals surface area contributed by atoms with E-state index in [1.54, 1.807) is 0 Å².